The van der Waals surface area contributed by atoms with Gasteiger partial charge in [0, 0.05) is 0 Å². The quantitative estimate of drug-likeness (QED) is 0.557. The fraction of sp³-hybridized carbons (Fsp3) is 1.00. The monoisotopic (exact) mass is 374 g/mol. The summed E-state index contributed by atoms with van der Waals surface area (Å²) in [6.45, 7) is 12.7. The van der Waals surface area contributed by atoms with Gasteiger partial charge in [-0.1, -0.05) is 47.5 Å². The van der Waals surface area contributed by atoms with Crippen LogP contribution in [0.2, 0.25) is 0 Å². The minimum atomic E-state index is -0.00820. The van der Waals surface area contributed by atoms with Crippen molar-refractivity contribution in [3.8, 4) is 0 Å². The second-order valence-corrected chi connectivity index (χ2v) is 12.3. The highest BCUT2D eigenvalue weighted by molar-refractivity contribution is 5.09. The third-order valence-electron chi connectivity index (χ3n) is 10.6. The third kappa shape index (κ3) is 3.32. The Morgan fingerprint density at radius 1 is 0.815 bits per heavy atom. The average Bonchev–Trinajstić information content (AvgIpc) is 2.97. The zero-order valence-corrected chi connectivity index (χ0v) is 18.8. The molecule has 0 radical (unpaired) electrons. The number of fused-ring (bicyclic) bond motifs is 5. The number of aliphatic hydroxyl groups is 1. The van der Waals surface area contributed by atoms with Gasteiger partial charge in [0.05, 0.1) is 6.10 Å². The summed E-state index contributed by atoms with van der Waals surface area (Å²) in [6, 6.07) is 0. The van der Waals surface area contributed by atoms with E-state index in [4.69, 9.17) is 0 Å². The van der Waals surface area contributed by atoms with Crippen molar-refractivity contribution in [3.63, 3.8) is 0 Å². The molecule has 0 aromatic rings. The Balaban J connectivity index is 1.50. The van der Waals surface area contributed by atoms with Crippen molar-refractivity contribution >= 4 is 0 Å². The first-order valence-electron chi connectivity index (χ1n) is 12.4. The molecular weight excluding hydrogens is 328 g/mol. The summed E-state index contributed by atoms with van der Waals surface area (Å²) in [7, 11) is 0. The van der Waals surface area contributed by atoms with Gasteiger partial charge in [0.1, 0.15) is 0 Å². The molecule has 0 spiro atoms. The molecule has 4 saturated carbocycles. The second-order valence-electron chi connectivity index (χ2n) is 12.3. The molecule has 1 nitrogen and oxygen atoms in total. The first-order chi connectivity index (χ1) is 12.8. The van der Waals surface area contributed by atoms with E-state index in [-0.39, 0.29) is 6.10 Å². The standard InChI is InChI=1S/C26H46O/c1-17(2)6-7-18(3)22-10-11-23-21-9-8-19-16-20(27)12-14-25(19,4)24(21)13-15-26(22,23)5/h17-24,27H,6-16H2,1-5H3/t18-,19?,20+,21+,22-,23+,24+,25+,26-/m1/s1. The van der Waals surface area contributed by atoms with Crippen molar-refractivity contribution in [1.29, 1.82) is 0 Å². The summed E-state index contributed by atoms with van der Waals surface area (Å²) in [5, 5.41) is 10.2. The SMILES string of the molecule is CC(C)CC[C@@H](C)[C@H]1CC[C@H]2[C@@H]3CCC4C[C@@H](O)CC[C@]4(C)[C@H]3CC[C@]12C. The zero-order valence-electron chi connectivity index (χ0n) is 18.8. The predicted octanol–water partition coefficient (Wildman–Crippen LogP) is 7.08. The van der Waals surface area contributed by atoms with Crippen molar-refractivity contribution in [3.05, 3.63) is 0 Å². The Morgan fingerprint density at radius 2 is 1.52 bits per heavy atom. The lowest BCUT2D eigenvalue weighted by atomic mass is 9.44. The summed E-state index contributed by atoms with van der Waals surface area (Å²) in [4.78, 5) is 0. The van der Waals surface area contributed by atoms with Crippen molar-refractivity contribution in [2.75, 3.05) is 0 Å². The van der Waals surface area contributed by atoms with Crippen LogP contribution in [0.3, 0.4) is 0 Å². The van der Waals surface area contributed by atoms with E-state index in [1.807, 2.05) is 0 Å². The summed E-state index contributed by atoms with van der Waals surface area (Å²) in [6.07, 6.45) is 15.1. The number of hydrogen-bond acceptors (Lipinski definition) is 1. The van der Waals surface area contributed by atoms with Gasteiger partial charge in [-0.2, -0.15) is 0 Å². The molecule has 0 aliphatic heterocycles. The maximum absolute atomic E-state index is 10.2. The molecule has 1 N–H and O–H groups in total. The third-order valence-corrected chi connectivity index (χ3v) is 10.6. The van der Waals surface area contributed by atoms with Crippen LogP contribution in [0.1, 0.15) is 105 Å². The van der Waals surface area contributed by atoms with Crippen LogP contribution in [-0.4, -0.2) is 11.2 Å². The Bertz CT molecular complexity index is 526. The van der Waals surface area contributed by atoms with Crippen LogP contribution in [0.5, 0.6) is 0 Å². The molecular formula is C26H46O. The molecule has 0 amide bonds. The van der Waals surface area contributed by atoms with Gasteiger partial charge >= 0.3 is 0 Å². The van der Waals surface area contributed by atoms with E-state index in [9.17, 15) is 5.11 Å². The summed E-state index contributed by atoms with van der Waals surface area (Å²) >= 11 is 0. The van der Waals surface area contributed by atoms with Crippen LogP contribution in [0.4, 0.5) is 0 Å². The fourth-order valence-electron chi connectivity index (χ4n) is 9.01. The predicted molar refractivity (Wildman–Crippen MR) is 114 cm³/mol. The second kappa shape index (κ2) is 7.33. The number of hydrogen-bond donors (Lipinski definition) is 1. The maximum atomic E-state index is 10.2. The Kier molecular flexibility index (Phi) is 5.50. The van der Waals surface area contributed by atoms with Crippen LogP contribution in [0, 0.1) is 52.3 Å². The van der Waals surface area contributed by atoms with Gasteiger partial charge in [-0.25, -0.2) is 0 Å². The van der Waals surface area contributed by atoms with E-state index in [0.717, 1.165) is 54.3 Å². The van der Waals surface area contributed by atoms with E-state index in [2.05, 4.69) is 34.6 Å². The Labute approximate surface area is 169 Å². The molecule has 27 heavy (non-hydrogen) atoms. The lowest BCUT2D eigenvalue weighted by Crippen LogP contribution is -2.54. The first-order valence-corrected chi connectivity index (χ1v) is 12.4. The minimum absolute atomic E-state index is 0.00820. The highest BCUT2D eigenvalue weighted by Gasteiger charge is 2.60. The van der Waals surface area contributed by atoms with E-state index in [0.29, 0.717) is 10.8 Å². The topological polar surface area (TPSA) is 20.2 Å². The molecule has 1 unspecified atom stereocenters. The van der Waals surface area contributed by atoms with Crippen LogP contribution >= 0.6 is 0 Å². The van der Waals surface area contributed by atoms with E-state index < -0.39 is 0 Å². The maximum Gasteiger partial charge on any atom is 0.0543 e. The van der Waals surface area contributed by atoms with E-state index >= 15 is 0 Å². The molecule has 0 heterocycles. The molecule has 4 rings (SSSR count). The van der Waals surface area contributed by atoms with Crippen LogP contribution < -0.4 is 0 Å². The Hall–Kier alpha value is -0.0400. The van der Waals surface area contributed by atoms with Gasteiger partial charge in [-0.05, 0) is 110 Å². The van der Waals surface area contributed by atoms with Crippen LogP contribution in [-0.2, 0) is 0 Å². The van der Waals surface area contributed by atoms with Crippen LogP contribution in [0.15, 0.2) is 0 Å². The first kappa shape index (κ1) is 20.2. The summed E-state index contributed by atoms with van der Waals surface area (Å²) in [5.41, 5.74) is 1.15. The molecule has 156 valence electrons. The number of aliphatic hydroxyl groups excluding tert-OH is 1. The summed E-state index contributed by atoms with van der Waals surface area (Å²) in [5.74, 6) is 6.47. The van der Waals surface area contributed by atoms with Gasteiger partial charge in [-0.3, -0.25) is 0 Å². The largest absolute Gasteiger partial charge is 0.393 e. The average molecular weight is 375 g/mol. The van der Waals surface area contributed by atoms with Crippen molar-refractivity contribution in [2.24, 2.45) is 52.3 Å². The fourth-order valence-corrected chi connectivity index (χ4v) is 9.01. The molecule has 1 heteroatoms. The molecule has 0 aromatic heterocycles. The van der Waals surface area contributed by atoms with Gasteiger partial charge in [-0.15, -0.1) is 0 Å². The lowest BCUT2D eigenvalue weighted by molar-refractivity contribution is -0.129. The number of rotatable bonds is 4. The van der Waals surface area contributed by atoms with Gasteiger partial charge in [0.15, 0.2) is 0 Å². The molecule has 4 fully saturated rings. The molecule has 9 atom stereocenters. The molecule has 4 aliphatic rings. The van der Waals surface area contributed by atoms with Crippen molar-refractivity contribution in [2.45, 2.75) is 111 Å². The Morgan fingerprint density at radius 3 is 2.26 bits per heavy atom. The minimum Gasteiger partial charge on any atom is -0.393 e. The lowest BCUT2D eigenvalue weighted by Gasteiger charge is -2.61. The normalized spacial score (nSPS) is 50.8. The smallest absolute Gasteiger partial charge is 0.0543 e. The molecule has 0 saturated heterocycles. The van der Waals surface area contributed by atoms with Gasteiger partial charge in [0.2, 0.25) is 0 Å². The van der Waals surface area contributed by atoms with Gasteiger partial charge in [0.25, 0.3) is 0 Å². The van der Waals surface area contributed by atoms with Gasteiger partial charge < -0.3 is 5.11 Å². The van der Waals surface area contributed by atoms with E-state index in [1.165, 1.54) is 57.8 Å². The van der Waals surface area contributed by atoms with Crippen LogP contribution in [0.25, 0.3) is 0 Å². The highest BCUT2D eigenvalue weighted by atomic mass is 16.3. The molecule has 0 bridgehead atoms. The molecule has 0 aromatic carbocycles. The van der Waals surface area contributed by atoms with Crippen molar-refractivity contribution in [1.82, 2.24) is 0 Å². The molecule has 4 aliphatic carbocycles. The zero-order chi connectivity index (χ0) is 19.4. The van der Waals surface area contributed by atoms with Crippen molar-refractivity contribution < 1.29 is 5.11 Å². The van der Waals surface area contributed by atoms with E-state index in [1.54, 1.807) is 0 Å². The summed E-state index contributed by atoms with van der Waals surface area (Å²) < 4.78 is 0. The highest BCUT2D eigenvalue weighted by Crippen LogP contribution is 2.68.